The van der Waals surface area contributed by atoms with Crippen LogP contribution in [-0.4, -0.2) is 29.1 Å². The standard InChI is InChI=1S/C28H29NO2/c30-28(31)24-8-5-17-29(19-24)18-20-11-13-23(14-12-20)27-25-9-3-1-6-21(25)15-16-22-7-2-4-10-26(22)27/h1-4,6-7,9-14,24,27H,5,8,15-19H2,(H,30,31)/t24-/m1/s1. The molecular formula is C28H29NO2. The van der Waals surface area contributed by atoms with Crippen molar-refractivity contribution in [2.24, 2.45) is 5.92 Å². The number of carboxylic acid groups (broad SMARTS) is 1. The van der Waals surface area contributed by atoms with E-state index in [0.717, 1.165) is 38.8 Å². The lowest BCUT2D eigenvalue weighted by atomic mass is 9.82. The molecule has 1 aliphatic heterocycles. The first-order chi connectivity index (χ1) is 15.2. The summed E-state index contributed by atoms with van der Waals surface area (Å²) >= 11 is 0. The molecule has 1 fully saturated rings. The number of carboxylic acids is 1. The van der Waals surface area contributed by atoms with Crippen LogP contribution < -0.4 is 0 Å². The van der Waals surface area contributed by atoms with E-state index in [2.05, 4.69) is 77.7 Å². The number of nitrogens with zero attached hydrogens (tertiary/aromatic N) is 1. The van der Waals surface area contributed by atoms with Crippen LogP contribution in [0.25, 0.3) is 0 Å². The average Bonchev–Trinajstić information content (AvgIpc) is 2.97. The number of likely N-dealkylation sites (tertiary alicyclic amines) is 1. The van der Waals surface area contributed by atoms with Gasteiger partial charge in [0.1, 0.15) is 0 Å². The summed E-state index contributed by atoms with van der Waals surface area (Å²) in [5.41, 5.74) is 8.31. The van der Waals surface area contributed by atoms with Gasteiger partial charge in [0.15, 0.2) is 0 Å². The molecular weight excluding hydrogens is 382 g/mol. The Labute approximate surface area is 184 Å². The molecule has 1 N–H and O–H groups in total. The molecule has 2 aliphatic rings. The van der Waals surface area contributed by atoms with E-state index < -0.39 is 5.97 Å². The van der Waals surface area contributed by atoms with Crippen molar-refractivity contribution in [2.45, 2.75) is 38.1 Å². The smallest absolute Gasteiger partial charge is 0.307 e. The van der Waals surface area contributed by atoms with E-state index >= 15 is 0 Å². The minimum atomic E-state index is -0.661. The van der Waals surface area contributed by atoms with Crippen LogP contribution in [0.5, 0.6) is 0 Å². The Morgan fingerprint density at radius 2 is 1.48 bits per heavy atom. The number of hydrogen-bond donors (Lipinski definition) is 1. The van der Waals surface area contributed by atoms with Gasteiger partial charge >= 0.3 is 5.97 Å². The fourth-order valence-corrected chi connectivity index (χ4v) is 5.36. The van der Waals surface area contributed by atoms with Gasteiger partial charge in [-0.25, -0.2) is 0 Å². The SMILES string of the molecule is O=C(O)[C@@H]1CCCN(Cc2ccc(C3c4ccccc4CCc4ccccc43)cc2)C1. The highest BCUT2D eigenvalue weighted by Crippen LogP contribution is 2.39. The maximum Gasteiger partial charge on any atom is 0.307 e. The Balaban J connectivity index is 1.43. The number of aryl methyl sites for hydroxylation is 2. The van der Waals surface area contributed by atoms with Crippen molar-refractivity contribution in [1.29, 1.82) is 0 Å². The molecule has 0 amide bonds. The highest BCUT2D eigenvalue weighted by atomic mass is 16.4. The van der Waals surface area contributed by atoms with Crippen LogP contribution in [0.15, 0.2) is 72.8 Å². The molecule has 0 bridgehead atoms. The summed E-state index contributed by atoms with van der Waals surface area (Å²) in [6.07, 6.45) is 3.93. The summed E-state index contributed by atoms with van der Waals surface area (Å²) in [7, 11) is 0. The second kappa shape index (κ2) is 8.68. The van der Waals surface area contributed by atoms with E-state index in [1.807, 2.05) is 0 Å². The molecule has 0 unspecified atom stereocenters. The topological polar surface area (TPSA) is 40.5 Å². The van der Waals surface area contributed by atoms with E-state index in [0.29, 0.717) is 6.54 Å². The Morgan fingerprint density at radius 3 is 2.10 bits per heavy atom. The Kier molecular flexibility index (Phi) is 5.61. The molecule has 1 saturated heterocycles. The van der Waals surface area contributed by atoms with Crippen molar-refractivity contribution in [2.75, 3.05) is 13.1 Å². The maximum atomic E-state index is 11.4. The molecule has 3 heteroatoms. The normalized spacial score (nSPS) is 19.3. The zero-order valence-corrected chi connectivity index (χ0v) is 17.8. The number of carbonyl (C=O) groups is 1. The first-order valence-corrected chi connectivity index (χ1v) is 11.4. The highest BCUT2D eigenvalue weighted by molar-refractivity contribution is 5.70. The van der Waals surface area contributed by atoms with Gasteiger partial charge < -0.3 is 5.11 Å². The molecule has 3 nitrogen and oxygen atoms in total. The summed E-state index contributed by atoms with van der Waals surface area (Å²) in [6, 6.07) is 26.8. The quantitative estimate of drug-likeness (QED) is 0.636. The van der Waals surface area contributed by atoms with Crippen LogP contribution in [0.1, 0.15) is 52.1 Å². The van der Waals surface area contributed by atoms with Crippen molar-refractivity contribution < 1.29 is 9.90 Å². The average molecular weight is 412 g/mol. The number of benzene rings is 3. The fraction of sp³-hybridized carbons (Fsp3) is 0.321. The Hall–Kier alpha value is -2.91. The third-order valence-electron chi connectivity index (χ3n) is 6.97. The summed E-state index contributed by atoms with van der Waals surface area (Å²) in [5, 5.41) is 9.36. The first-order valence-electron chi connectivity index (χ1n) is 11.4. The number of fused-ring (bicyclic) bond motifs is 2. The lowest BCUT2D eigenvalue weighted by molar-refractivity contribution is -0.143. The van der Waals surface area contributed by atoms with E-state index in [1.54, 1.807) is 0 Å². The van der Waals surface area contributed by atoms with Crippen molar-refractivity contribution >= 4 is 5.97 Å². The molecule has 1 heterocycles. The predicted molar refractivity (Wildman–Crippen MR) is 123 cm³/mol. The Morgan fingerprint density at radius 1 is 0.871 bits per heavy atom. The van der Waals surface area contributed by atoms with E-state index in [4.69, 9.17) is 0 Å². The summed E-state index contributed by atoms with van der Waals surface area (Å²) in [5.74, 6) is -0.631. The lowest BCUT2D eigenvalue weighted by Crippen LogP contribution is -2.38. The summed E-state index contributed by atoms with van der Waals surface area (Å²) in [4.78, 5) is 13.7. The first kappa shape index (κ1) is 20.0. The van der Waals surface area contributed by atoms with Crippen LogP contribution in [0.3, 0.4) is 0 Å². The molecule has 1 aliphatic carbocycles. The van der Waals surface area contributed by atoms with Crippen molar-refractivity contribution in [3.8, 4) is 0 Å². The van der Waals surface area contributed by atoms with Gasteiger partial charge in [0, 0.05) is 19.0 Å². The molecule has 0 saturated carbocycles. The van der Waals surface area contributed by atoms with E-state index in [-0.39, 0.29) is 11.8 Å². The third-order valence-corrected chi connectivity index (χ3v) is 6.97. The van der Waals surface area contributed by atoms with Gasteiger partial charge in [-0.1, -0.05) is 72.8 Å². The number of hydrogen-bond acceptors (Lipinski definition) is 2. The molecule has 0 spiro atoms. The van der Waals surface area contributed by atoms with E-state index in [1.165, 1.54) is 33.4 Å². The second-order valence-electron chi connectivity index (χ2n) is 8.98. The molecule has 3 aromatic rings. The largest absolute Gasteiger partial charge is 0.481 e. The lowest BCUT2D eigenvalue weighted by Gasteiger charge is -2.30. The maximum absolute atomic E-state index is 11.4. The fourth-order valence-electron chi connectivity index (χ4n) is 5.36. The summed E-state index contributed by atoms with van der Waals surface area (Å²) in [6.45, 7) is 2.46. The van der Waals surface area contributed by atoms with Gasteiger partial charge in [0.05, 0.1) is 5.92 Å². The highest BCUT2D eigenvalue weighted by Gasteiger charge is 2.26. The minimum absolute atomic E-state index is 0.230. The van der Waals surface area contributed by atoms with E-state index in [9.17, 15) is 9.90 Å². The third kappa shape index (κ3) is 4.15. The van der Waals surface area contributed by atoms with Crippen molar-refractivity contribution in [3.63, 3.8) is 0 Å². The number of piperidine rings is 1. The predicted octanol–water partition coefficient (Wildman–Crippen LogP) is 5.26. The molecule has 0 aromatic heterocycles. The number of aliphatic carboxylic acids is 1. The van der Waals surface area contributed by atoms with Crippen LogP contribution >= 0.6 is 0 Å². The summed E-state index contributed by atoms with van der Waals surface area (Å²) < 4.78 is 0. The van der Waals surface area contributed by atoms with Gasteiger partial charge in [-0.15, -0.1) is 0 Å². The molecule has 3 aromatic carbocycles. The molecule has 5 rings (SSSR count). The second-order valence-corrected chi connectivity index (χ2v) is 8.98. The minimum Gasteiger partial charge on any atom is -0.481 e. The molecule has 158 valence electrons. The number of rotatable bonds is 4. The Bertz CT molecular complexity index is 1020. The molecule has 31 heavy (non-hydrogen) atoms. The molecule has 1 atom stereocenters. The van der Waals surface area contributed by atoms with Gasteiger partial charge in [-0.2, -0.15) is 0 Å². The van der Waals surface area contributed by atoms with Gasteiger partial charge in [-0.3, -0.25) is 9.69 Å². The molecule has 0 radical (unpaired) electrons. The van der Waals surface area contributed by atoms with Crippen LogP contribution in [-0.2, 0) is 24.2 Å². The zero-order chi connectivity index (χ0) is 21.2. The monoisotopic (exact) mass is 411 g/mol. The van der Waals surface area contributed by atoms with Gasteiger partial charge in [0.25, 0.3) is 0 Å². The van der Waals surface area contributed by atoms with Crippen LogP contribution in [0, 0.1) is 5.92 Å². The van der Waals surface area contributed by atoms with Gasteiger partial charge in [-0.05, 0) is 65.6 Å². The van der Waals surface area contributed by atoms with Gasteiger partial charge in [0.2, 0.25) is 0 Å². The van der Waals surface area contributed by atoms with Crippen LogP contribution in [0.4, 0.5) is 0 Å². The van der Waals surface area contributed by atoms with Crippen LogP contribution in [0.2, 0.25) is 0 Å². The zero-order valence-electron chi connectivity index (χ0n) is 17.8. The van der Waals surface area contributed by atoms with Crippen molar-refractivity contribution in [1.82, 2.24) is 4.90 Å². The van der Waals surface area contributed by atoms with Crippen molar-refractivity contribution in [3.05, 3.63) is 106 Å².